The van der Waals surface area contributed by atoms with E-state index in [9.17, 15) is 24.3 Å². The fourth-order valence-corrected chi connectivity index (χ4v) is 4.46. The predicted octanol–water partition coefficient (Wildman–Crippen LogP) is 8.05. The number of hydrogen-bond acceptors (Lipinski definition) is 9. The highest BCUT2D eigenvalue weighted by Gasteiger charge is 2.25. The van der Waals surface area contributed by atoms with E-state index < -0.39 is 29.1 Å². The Morgan fingerprint density at radius 3 is 1.26 bits per heavy atom. The van der Waals surface area contributed by atoms with Gasteiger partial charge in [-0.2, -0.15) is 0 Å². The molecule has 1 N–H and O–H groups in total. The Morgan fingerprint density at radius 2 is 0.957 bits per heavy atom. The fourth-order valence-electron chi connectivity index (χ4n) is 4.46. The molecule has 0 heterocycles. The van der Waals surface area contributed by atoms with E-state index in [1.165, 1.54) is 11.1 Å². The standard InChI is InChI=1S/C38H62O9/c1-9-37(7,25-17-19-30(3)4)46-35(42)23-15-11-13-21-33(40)44-28-32(27-39)29-45-34(41)22-14-12-16-24-36(43)47-38(8,10-2)26-18-20-31(5)6/h9-10,19-20,32,39H,1-2,11-18,21-29H2,3-8H3. The van der Waals surface area contributed by atoms with Crippen LogP contribution in [0.15, 0.2) is 48.6 Å². The molecule has 0 saturated heterocycles. The summed E-state index contributed by atoms with van der Waals surface area (Å²) in [6.07, 6.45) is 15.0. The van der Waals surface area contributed by atoms with Crippen LogP contribution < -0.4 is 0 Å². The van der Waals surface area contributed by atoms with E-state index in [1.807, 2.05) is 41.5 Å². The van der Waals surface area contributed by atoms with E-state index in [0.717, 1.165) is 12.8 Å². The fraction of sp³-hybridized carbons (Fsp3) is 0.684. The van der Waals surface area contributed by atoms with Crippen molar-refractivity contribution in [1.82, 2.24) is 0 Å². The van der Waals surface area contributed by atoms with Crippen molar-refractivity contribution in [1.29, 1.82) is 0 Å². The molecule has 0 bridgehead atoms. The van der Waals surface area contributed by atoms with Crippen LogP contribution in [0.25, 0.3) is 0 Å². The molecule has 0 aliphatic rings. The van der Waals surface area contributed by atoms with E-state index in [2.05, 4.69) is 25.3 Å². The number of carbonyl (C=O) groups excluding carboxylic acids is 4. The maximum atomic E-state index is 12.3. The van der Waals surface area contributed by atoms with Gasteiger partial charge in [0.25, 0.3) is 0 Å². The van der Waals surface area contributed by atoms with Crippen LogP contribution in [0.1, 0.15) is 131 Å². The van der Waals surface area contributed by atoms with E-state index in [-0.39, 0.29) is 57.4 Å². The SMILES string of the molecule is C=CC(C)(CCC=C(C)C)OC(=O)CCCCCC(=O)OCC(CO)COC(=O)CCCCCC(=O)OC(C)(C=C)CCC=C(C)C. The summed E-state index contributed by atoms with van der Waals surface area (Å²) in [5.41, 5.74) is 1.01. The second-order valence-corrected chi connectivity index (χ2v) is 13.2. The summed E-state index contributed by atoms with van der Waals surface area (Å²) in [6, 6.07) is 0. The van der Waals surface area contributed by atoms with E-state index in [4.69, 9.17) is 18.9 Å². The summed E-state index contributed by atoms with van der Waals surface area (Å²) in [4.78, 5) is 48.8. The zero-order valence-corrected chi connectivity index (χ0v) is 30.0. The molecule has 0 rings (SSSR count). The van der Waals surface area contributed by atoms with Gasteiger partial charge in [-0.3, -0.25) is 19.2 Å². The first-order chi connectivity index (χ1) is 22.2. The lowest BCUT2D eigenvalue weighted by molar-refractivity contribution is -0.155. The average Bonchev–Trinajstić information content (AvgIpc) is 3.00. The minimum Gasteiger partial charge on any atom is -0.465 e. The van der Waals surface area contributed by atoms with Crippen molar-refractivity contribution in [2.75, 3.05) is 19.8 Å². The molecule has 0 amide bonds. The highest BCUT2D eigenvalue weighted by molar-refractivity contribution is 5.71. The van der Waals surface area contributed by atoms with Crippen molar-refractivity contribution in [3.8, 4) is 0 Å². The number of unbranched alkanes of at least 4 members (excludes halogenated alkanes) is 4. The van der Waals surface area contributed by atoms with E-state index in [0.29, 0.717) is 51.4 Å². The van der Waals surface area contributed by atoms with Crippen LogP contribution >= 0.6 is 0 Å². The molecule has 9 heteroatoms. The number of hydrogen-bond donors (Lipinski definition) is 1. The van der Waals surface area contributed by atoms with Gasteiger partial charge in [-0.25, -0.2) is 0 Å². The molecule has 0 spiro atoms. The van der Waals surface area contributed by atoms with Gasteiger partial charge in [0.05, 0.1) is 25.7 Å². The number of carbonyl (C=O) groups is 4. The molecule has 0 aromatic carbocycles. The van der Waals surface area contributed by atoms with Gasteiger partial charge in [-0.05, 0) is 105 Å². The summed E-state index contributed by atoms with van der Waals surface area (Å²) in [7, 11) is 0. The molecular formula is C38H62O9. The topological polar surface area (TPSA) is 125 Å². The van der Waals surface area contributed by atoms with Crippen LogP contribution in [0.5, 0.6) is 0 Å². The van der Waals surface area contributed by atoms with Gasteiger partial charge in [0.2, 0.25) is 0 Å². The van der Waals surface area contributed by atoms with E-state index >= 15 is 0 Å². The maximum Gasteiger partial charge on any atom is 0.306 e. The average molecular weight is 663 g/mol. The van der Waals surface area contributed by atoms with Crippen LogP contribution in [0.2, 0.25) is 0 Å². The molecule has 2 atom stereocenters. The molecule has 2 unspecified atom stereocenters. The van der Waals surface area contributed by atoms with Crippen molar-refractivity contribution in [3.05, 3.63) is 48.6 Å². The smallest absolute Gasteiger partial charge is 0.306 e. The van der Waals surface area contributed by atoms with Crippen LogP contribution in [0.3, 0.4) is 0 Å². The first-order valence-electron chi connectivity index (χ1n) is 17.1. The van der Waals surface area contributed by atoms with Crippen LogP contribution in [0, 0.1) is 5.92 Å². The van der Waals surface area contributed by atoms with Gasteiger partial charge < -0.3 is 24.1 Å². The highest BCUT2D eigenvalue weighted by Crippen LogP contribution is 2.23. The van der Waals surface area contributed by atoms with Crippen molar-refractivity contribution in [3.63, 3.8) is 0 Å². The minimum absolute atomic E-state index is 0.0537. The molecule has 0 fully saturated rings. The first kappa shape index (κ1) is 43.8. The predicted molar refractivity (Wildman–Crippen MR) is 185 cm³/mol. The molecule has 0 radical (unpaired) electrons. The largest absolute Gasteiger partial charge is 0.465 e. The maximum absolute atomic E-state index is 12.3. The van der Waals surface area contributed by atoms with Crippen LogP contribution in [-0.4, -0.2) is 60.0 Å². The first-order valence-corrected chi connectivity index (χ1v) is 17.1. The molecular weight excluding hydrogens is 600 g/mol. The second kappa shape index (κ2) is 24.9. The number of rotatable bonds is 27. The molecule has 9 nitrogen and oxygen atoms in total. The summed E-state index contributed by atoms with van der Waals surface area (Å²) < 4.78 is 21.8. The molecule has 268 valence electrons. The number of ether oxygens (including phenoxy) is 4. The molecule has 47 heavy (non-hydrogen) atoms. The lowest BCUT2D eigenvalue weighted by atomic mass is 9.99. The van der Waals surface area contributed by atoms with Crippen molar-refractivity contribution < 1.29 is 43.2 Å². The summed E-state index contributed by atoms with van der Waals surface area (Å²) in [6.45, 7) is 19.0. The molecule has 0 aromatic rings. The van der Waals surface area contributed by atoms with Gasteiger partial charge in [-0.15, -0.1) is 0 Å². The lowest BCUT2D eigenvalue weighted by Gasteiger charge is -2.25. The summed E-state index contributed by atoms with van der Waals surface area (Å²) in [5, 5.41) is 9.60. The third kappa shape index (κ3) is 23.7. The molecule has 0 saturated carbocycles. The Balaban J connectivity index is 4.11. The third-order valence-corrected chi connectivity index (χ3v) is 7.69. The zero-order valence-electron chi connectivity index (χ0n) is 30.0. The lowest BCUT2D eigenvalue weighted by Crippen LogP contribution is -2.29. The molecule has 0 aromatic heterocycles. The van der Waals surface area contributed by atoms with Crippen molar-refractivity contribution in [2.24, 2.45) is 5.92 Å². The van der Waals surface area contributed by atoms with Crippen LogP contribution in [-0.2, 0) is 38.1 Å². The Hall–Kier alpha value is -3.20. The van der Waals surface area contributed by atoms with Gasteiger partial charge in [0, 0.05) is 25.7 Å². The molecule has 0 aliphatic heterocycles. The van der Waals surface area contributed by atoms with Gasteiger partial charge in [0.1, 0.15) is 11.2 Å². The summed E-state index contributed by atoms with van der Waals surface area (Å²) in [5.74, 6) is -1.90. The Labute approximate surface area is 283 Å². The quantitative estimate of drug-likeness (QED) is 0.0402. The second-order valence-electron chi connectivity index (χ2n) is 13.2. The van der Waals surface area contributed by atoms with Gasteiger partial charge in [0.15, 0.2) is 0 Å². The van der Waals surface area contributed by atoms with Gasteiger partial charge >= 0.3 is 23.9 Å². The number of esters is 4. The number of allylic oxidation sites excluding steroid dienone is 4. The Kier molecular flexibility index (Phi) is 23.2. The Morgan fingerprint density at radius 1 is 0.617 bits per heavy atom. The normalized spacial score (nSPS) is 13.9. The van der Waals surface area contributed by atoms with Gasteiger partial charge in [-0.1, -0.05) is 49.3 Å². The highest BCUT2D eigenvalue weighted by atomic mass is 16.6. The van der Waals surface area contributed by atoms with Crippen LogP contribution in [0.4, 0.5) is 0 Å². The number of aliphatic hydroxyl groups is 1. The van der Waals surface area contributed by atoms with Crippen molar-refractivity contribution >= 4 is 23.9 Å². The monoisotopic (exact) mass is 662 g/mol. The van der Waals surface area contributed by atoms with Crippen molar-refractivity contribution in [2.45, 2.75) is 143 Å². The van der Waals surface area contributed by atoms with E-state index in [1.54, 1.807) is 12.2 Å². The molecule has 0 aliphatic carbocycles. The summed E-state index contributed by atoms with van der Waals surface area (Å²) >= 11 is 0. The zero-order chi connectivity index (χ0) is 35.7. The number of aliphatic hydroxyl groups excluding tert-OH is 1. The minimum atomic E-state index is -0.707. The Bertz CT molecular complexity index is 956. The third-order valence-electron chi connectivity index (χ3n) is 7.69.